The number of imidazole rings is 2. The topological polar surface area (TPSA) is 170 Å². The number of pyridine rings is 2. The smallest absolute Gasteiger partial charge is 0.434 e. The van der Waals surface area contributed by atoms with Gasteiger partial charge in [0.1, 0.15) is 30.4 Å². The molecule has 2 aliphatic rings. The third-order valence-corrected chi connectivity index (χ3v) is 8.07. The number of tetrazole rings is 1. The largest absolute Gasteiger partial charge is 0.474 e. The Morgan fingerprint density at radius 2 is 1.95 bits per heavy atom. The number of hydrogen-bond acceptors (Lipinski definition) is 12. The van der Waals surface area contributed by atoms with E-state index in [-0.39, 0.29) is 18.6 Å². The van der Waals surface area contributed by atoms with Crippen molar-refractivity contribution in [3.63, 3.8) is 0 Å². The van der Waals surface area contributed by atoms with Crippen LogP contribution in [0.15, 0.2) is 43.2 Å². The van der Waals surface area contributed by atoms with Gasteiger partial charge < -0.3 is 29.1 Å². The molecule has 1 saturated carbocycles. The zero-order valence-corrected chi connectivity index (χ0v) is 23.6. The van der Waals surface area contributed by atoms with Crippen molar-refractivity contribution in [2.45, 2.75) is 44.4 Å². The SMILES string of the molecule is Cn1c(Cn2nnc(-c3cnc4cc(N5CCOCC5)nc(OC5CCC(n6ccnc6)CC5)c4c3)n2)cnc1[N+](=O)[O-]. The molecule has 16 nitrogen and oxygen atoms in total. The lowest BCUT2D eigenvalue weighted by Crippen LogP contribution is -2.36. The van der Waals surface area contributed by atoms with Crippen LogP contribution in [0.5, 0.6) is 5.88 Å². The molecule has 0 aromatic carbocycles. The first-order valence-electron chi connectivity index (χ1n) is 14.2. The van der Waals surface area contributed by atoms with Crippen LogP contribution in [0, 0.1) is 10.1 Å². The van der Waals surface area contributed by atoms with Gasteiger partial charge in [0.05, 0.1) is 37.5 Å². The Hall–Kier alpha value is -4.99. The highest BCUT2D eigenvalue weighted by Gasteiger charge is 2.26. The van der Waals surface area contributed by atoms with Crippen LogP contribution in [0.2, 0.25) is 0 Å². The normalized spacial score (nSPS) is 19.1. The van der Waals surface area contributed by atoms with E-state index in [1.54, 1.807) is 13.2 Å². The van der Waals surface area contributed by atoms with Crippen LogP contribution >= 0.6 is 0 Å². The van der Waals surface area contributed by atoms with Crippen LogP contribution in [0.1, 0.15) is 37.4 Å². The predicted molar refractivity (Wildman–Crippen MR) is 152 cm³/mol. The van der Waals surface area contributed by atoms with Crippen LogP contribution < -0.4 is 9.64 Å². The summed E-state index contributed by atoms with van der Waals surface area (Å²) in [6, 6.07) is 4.33. The van der Waals surface area contributed by atoms with Gasteiger partial charge in [-0.2, -0.15) is 9.78 Å². The number of nitrogens with zero attached hydrogens (tertiary/aromatic N) is 12. The highest BCUT2D eigenvalue weighted by Crippen LogP contribution is 2.35. The van der Waals surface area contributed by atoms with E-state index in [0.29, 0.717) is 42.2 Å². The Bertz CT molecular complexity index is 1740. The van der Waals surface area contributed by atoms with E-state index in [4.69, 9.17) is 19.4 Å². The molecule has 0 amide bonds. The van der Waals surface area contributed by atoms with Gasteiger partial charge in [-0.3, -0.25) is 4.98 Å². The average Bonchev–Trinajstić information content (AvgIpc) is 3.81. The molecule has 5 aromatic heterocycles. The van der Waals surface area contributed by atoms with Gasteiger partial charge in [0.2, 0.25) is 11.7 Å². The van der Waals surface area contributed by atoms with Crippen molar-refractivity contribution in [3.05, 3.63) is 59.1 Å². The second-order valence-electron chi connectivity index (χ2n) is 10.7. The minimum Gasteiger partial charge on any atom is -0.474 e. The second-order valence-corrected chi connectivity index (χ2v) is 10.7. The lowest BCUT2D eigenvalue weighted by molar-refractivity contribution is -0.396. The van der Waals surface area contributed by atoms with Gasteiger partial charge in [-0.15, -0.1) is 10.2 Å². The molecule has 1 aliphatic carbocycles. The molecule has 222 valence electrons. The lowest BCUT2D eigenvalue weighted by atomic mass is 9.93. The summed E-state index contributed by atoms with van der Waals surface area (Å²) in [5, 5.41) is 24.8. The molecular weight excluding hydrogens is 556 g/mol. The quantitative estimate of drug-likeness (QED) is 0.193. The van der Waals surface area contributed by atoms with Crippen molar-refractivity contribution in [2.24, 2.45) is 7.05 Å². The number of rotatable bonds is 8. The van der Waals surface area contributed by atoms with Gasteiger partial charge in [0, 0.05) is 49.4 Å². The molecule has 0 spiro atoms. The van der Waals surface area contributed by atoms with Crippen molar-refractivity contribution >= 4 is 22.7 Å². The van der Waals surface area contributed by atoms with Crippen molar-refractivity contribution in [2.75, 3.05) is 31.2 Å². The number of ether oxygens (including phenoxy) is 2. The maximum Gasteiger partial charge on any atom is 0.434 e. The predicted octanol–water partition coefficient (Wildman–Crippen LogP) is 2.57. The van der Waals surface area contributed by atoms with Crippen molar-refractivity contribution in [1.29, 1.82) is 0 Å². The van der Waals surface area contributed by atoms with Gasteiger partial charge in [0.25, 0.3) is 0 Å². The summed E-state index contributed by atoms with van der Waals surface area (Å²) in [4.78, 5) is 32.0. The molecule has 0 radical (unpaired) electrons. The standard InChI is InChI=1S/C27H30N12O4/c1-35-20(15-30-27(35)39(40)41)16-38-33-25(32-34-38)18-12-22-23(29-14-18)13-24(36-8-10-42-11-9-36)31-26(22)43-21-4-2-19(3-5-21)37-7-6-28-17-37/h6-7,12-15,17,19,21H,2-5,8-11,16H2,1H3. The van der Waals surface area contributed by atoms with E-state index in [1.807, 2.05) is 30.9 Å². The lowest BCUT2D eigenvalue weighted by Gasteiger charge is -2.31. The van der Waals surface area contributed by atoms with Crippen LogP contribution in [0.25, 0.3) is 22.3 Å². The first-order valence-corrected chi connectivity index (χ1v) is 14.2. The molecule has 6 heterocycles. The number of morpholine rings is 1. The highest BCUT2D eigenvalue weighted by molar-refractivity contribution is 5.88. The fourth-order valence-corrected chi connectivity index (χ4v) is 5.67. The maximum atomic E-state index is 11.1. The van der Waals surface area contributed by atoms with E-state index in [2.05, 4.69) is 34.8 Å². The first kappa shape index (κ1) is 26.9. The third kappa shape index (κ3) is 5.48. The molecular formula is C27H30N12O4. The summed E-state index contributed by atoms with van der Waals surface area (Å²) in [5.41, 5.74) is 1.99. The van der Waals surface area contributed by atoms with Crippen LogP contribution in [0.4, 0.5) is 11.8 Å². The summed E-state index contributed by atoms with van der Waals surface area (Å²) in [7, 11) is 1.58. The summed E-state index contributed by atoms with van der Waals surface area (Å²) >= 11 is 0. The fraction of sp³-hybridized carbons (Fsp3) is 0.444. The Balaban J connectivity index is 1.16. The van der Waals surface area contributed by atoms with Gasteiger partial charge in [-0.1, -0.05) is 4.98 Å². The fourth-order valence-electron chi connectivity index (χ4n) is 5.67. The molecule has 0 atom stereocenters. The number of fused-ring (bicyclic) bond motifs is 1. The minimum atomic E-state index is -0.534. The van der Waals surface area contributed by atoms with Crippen molar-refractivity contribution in [3.8, 4) is 17.3 Å². The van der Waals surface area contributed by atoms with Crippen LogP contribution in [0.3, 0.4) is 0 Å². The average molecular weight is 587 g/mol. The number of aromatic nitrogens is 10. The van der Waals surface area contributed by atoms with E-state index in [0.717, 1.165) is 55.5 Å². The zero-order chi connectivity index (χ0) is 29.3. The first-order chi connectivity index (χ1) is 21.0. The van der Waals surface area contributed by atoms with Crippen LogP contribution in [-0.2, 0) is 18.3 Å². The molecule has 5 aromatic rings. The Labute approximate surface area is 245 Å². The van der Waals surface area contributed by atoms with E-state index in [1.165, 1.54) is 15.6 Å². The Kier molecular flexibility index (Phi) is 7.10. The summed E-state index contributed by atoms with van der Waals surface area (Å²) in [6.07, 6.45) is 12.7. The zero-order valence-electron chi connectivity index (χ0n) is 23.6. The number of nitro groups is 1. The highest BCUT2D eigenvalue weighted by atomic mass is 16.6. The summed E-state index contributed by atoms with van der Waals surface area (Å²) in [5.74, 6) is 1.47. The summed E-state index contributed by atoms with van der Waals surface area (Å²) in [6.45, 7) is 2.96. The Morgan fingerprint density at radius 1 is 1.12 bits per heavy atom. The Morgan fingerprint density at radius 3 is 2.70 bits per heavy atom. The van der Waals surface area contributed by atoms with Gasteiger partial charge in [-0.25, -0.2) is 9.55 Å². The molecule has 2 fully saturated rings. The van der Waals surface area contributed by atoms with Gasteiger partial charge in [-0.05, 0) is 41.9 Å². The molecule has 0 N–H and O–H groups in total. The van der Waals surface area contributed by atoms with Crippen molar-refractivity contribution < 1.29 is 14.4 Å². The van der Waals surface area contributed by atoms with Gasteiger partial charge >= 0.3 is 5.95 Å². The molecule has 1 aliphatic heterocycles. The molecule has 0 unspecified atom stereocenters. The summed E-state index contributed by atoms with van der Waals surface area (Å²) < 4.78 is 15.7. The molecule has 7 rings (SSSR count). The molecule has 0 bridgehead atoms. The molecule has 16 heteroatoms. The van der Waals surface area contributed by atoms with Crippen LogP contribution in [-0.4, -0.2) is 86.6 Å². The van der Waals surface area contributed by atoms with E-state index >= 15 is 0 Å². The number of hydrogen-bond donors (Lipinski definition) is 0. The maximum absolute atomic E-state index is 11.1. The van der Waals surface area contributed by atoms with E-state index in [9.17, 15) is 10.1 Å². The van der Waals surface area contributed by atoms with Crippen molar-refractivity contribution in [1.82, 2.24) is 49.3 Å². The second kappa shape index (κ2) is 11.4. The molecule has 43 heavy (non-hydrogen) atoms. The molecule has 1 saturated heterocycles. The minimum absolute atomic E-state index is 0.0287. The number of anilines is 1. The van der Waals surface area contributed by atoms with Gasteiger partial charge in [0.15, 0.2) is 0 Å². The third-order valence-electron chi connectivity index (χ3n) is 8.07. The monoisotopic (exact) mass is 586 g/mol. The van der Waals surface area contributed by atoms with E-state index < -0.39 is 4.92 Å².